The van der Waals surface area contributed by atoms with Crippen LogP contribution >= 0.6 is 38.9 Å². The Labute approximate surface area is 182 Å². The SMILES string of the molecule is COc1ccc(Cl)c2sc(N(CCCN(C)C)C(=O)c3cccc(Br)c3)nc12. The van der Waals surface area contributed by atoms with Gasteiger partial charge in [0.1, 0.15) is 11.3 Å². The van der Waals surface area contributed by atoms with Crippen LogP contribution < -0.4 is 9.64 Å². The maximum Gasteiger partial charge on any atom is 0.260 e. The number of rotatable bonds is 7. The van der Waals surface area contributed by atoms with Crippen LogP contribution in [0.4, 0.5) is 5.13 Å². The summed E-state index contributed by atoms with van der Waals surface area (Å²) in [5, 5.41) is 1.22. The summed E-state index contributed by atoms with van der Waals surface area (Å²) in [6.07, 6.45) is 0.827. The second-order valence-corrected chi connectivity index (χ2v) is 8.85. The van der Waals surface area contributed by atoms with Crippen molar-refractivity contribution < 1.29 is 9.53 Å². The molecule has 0 fully saturated rings. The number of nitrogens with zero attached hydrogens (tertiary/aromatic N) is 3. The number of carbonyl (C=O) groups is 1. The molecule has 148 valence electrons. The van der Waals surface area contributed by atoms with Gasteiger partial charge in [0.15, 0.2) is 5.13 Å². The van der Waals surface area contributed by atoms with Gasteiger partial charge in [-0.2, -0.15) is 0 Å². The lowest BCUT2D eigenvalue weighted by atomic mass is 10.2. The Balaban J connectivity index is 2.02. The van der Waals surface area contributed by atoms with Crippen molar-refractivity contribution in [2.45, 2.75) is 6.42 Å². The summed E-state index contributed by atoms with van der Waals surface area (Å²) in [6, 6.07) is 11.0. The van der Waals surface area contributed by atoms with Crippen molar-refractivity contribution in [2.75, 3.05) is 39.2 Å². The highest BCUT2D eigenvalue weighted by atomic mass is 79.9. The van der Waals surface area contributed by atoms with Gasteiger partial charge in [0, 0.05) is 16.6 Å². The molecule has 0 aliphatic heterocycles. The molecule has 1 heterocycles. The van der Waals surface area contributed by atoms with Gasteiger partial charge in [0.25, 0.3) is 5.91 Å². The van der Waals surface area contributed by atoms with Crippen molar-refractivity contribution in [3.63, 3.8) is 0 Å². The summed E-state index contributed by atoms with van der Waals surface area (Å²) in [6.45, 7) is 1.43. The summed E-state index contributed by atoms with van der Waals surface area (Å²) < 4.78 is 7.10. The van der Waals surface area contributed by atoms with Crippen LogP contribution in [0.5, 0.6) is 5.75 Å². The molecule has 3 rings (SSSR count). The Morgan fingerprint density at radius 3 is 2.71 bits per heavy atom. The predicted octanol–water partition coefficient (Wildman–Crippen LogP) is 5.32. The first-order chi connectivity index (χ1) is 13.4. The normalized spacial score (nSPS) is 11.2. The molecule has 8 heteroatoms. The number of halogens is 2. The summed E-state index contributed by atoms with van der Waals surface area (Å²) in [5.74, 6) is 0.555. The molecule has 0 unspecified atom stereocenters. The number of thiazole rings is 1. The van der Waals surface area contributed by atoms with Crippen LogP contribution in [-0.2, 0) is 0 Å². The van der Waals surface area contributed by atoms with Gasteiger partial charge in [-0.05, 0) is 57.4 Å². The zero-order valence-corrected chi connectivity index (χ0v) is 19.1. The van der Waals surface area contributed by atoms with Crippen LogP contribution in [0.1, 0.15) is 16.8 Å². The van der Waals surface area contributed by atoms with Crippen molar-refractivity contribution in [3.8, 4) is 5.75 Å². The van der Waals surface area contributed by atoms with E-state index in [1.165, 1.54) is 11.3 Å². The van der Waals surface area contributed by atoms with Gasteiger partial charge < -0.3 is 9.64 Å². The third-order valence-electron chi connectivity index (χ3n) is 4.20. The molecule has 3 aromatic rings. The van der Waals surface area contributed by atoms with E-state index in [1.807, 2.05) is 38.4 Å². The number of hydrogen-bond donors (Lipinski definition) is 0. The zero-order valence-electron chi connectivity index (χ0n) is 15.9. The topological polar surface area (TPSA) is 45.7 Å². The lowest BCUT2D eigenvalue weighted by Crippen LogP contribution is -2.33. The number of hydrogen-bond acceptors (Lipinski definition) is 5. The van der Waals surface area contributed by atoms with Gasteiger partial charge in [-0.3, -0.25) is 9.69 Å². The molecule has 0 bridgehead atoms. The highest BCUT2D eigenvalue weighted by Crippen LogP contribution is 2.39. The van der Waals surface area contributed by atoms with E-state index in [2.05, 4.69) is 20.8 Å². The van der Waals surface area contributed by atoms with E-state index < -0.39 is 0 Å². The van der Waals surface area contributed by atoms with E-state index >= 15 is 0 Å². The Bertz CT molecular complexity index is 993. The zero-order chi connectivity index (χ0) is 20.3. The molecule has 1 aromatic heterocycles. The van der Waals surface area contributed by atoms with Crippen LogP contribution in [0.25, 0.3) is 10.2 Å². The van der Waals surface area contributed by atoms with Crippen molar-refractivity contribution in [1.82, 2.24) is 9.88 Å². The number of aromatic nitrogens is 1. The number of methoxy groups -OCH3 is 1. The van der Waals surface area contributed by atoms with Gasteiger partial charge in [-0.25, -0.2) is 4.98 Å². The molecule has 0 radical (unpaired) electrons. The minimum Gasteiger partial charge on any atom is -0.494 e. The highest BCUT2D eigenvalue weighted by molar-refractivity contribution is 9.10. The first-order valence-electron chi connectivity index (χ1n) is 8.76. The Morgan fingerprint density at radius 1 is 1.25 bits per heavy atom. The maximum atomic E-state index is 13.3. The minimum atomic E-state index is -0.0887. The van der Waals surface area contributed by atoms with Crippen molar-refractivity contribution in [2.24, 2.45) is 0 Å². The van der Waals surface area contributed by atoms with E-state index in [-0.39, 0.29) is 5.91 Å². The number of anilines is 1. The van der Waals surface area contributed by atoms with E-state index in [9.17, 15) is 4.79 Å². The summed E-state index contributed by atoms with van der Waals surface area (Å²) >= 11 is 11.2. The van der Waals surface area contributed by atoms with E-state index in [4.69, 9.17) is 21.3 Å². The second-order valence-electron chi connectivity index (χ2n) is 6.55. The fourth-order valence-electron chi connectivity index (χ4n) is 2.83. The van der Waals surface area contributed by atoms with Gasteiger partial charge in [-0.15, -0.1) is 0 Å². The maximum absolute atomic E-state index is 13.3. The number of carbonyl (C=O) groups excluding carboxylic acids is 1. The first kappa shape index (κ1) is 21.0. The van der Waals surface area contributed by atoms with E-state index in [1.54, 1.807) is 24.1 Å². The van der Waals surface area contributed by atoms with Crippen LogP contribution in [0, 0.1) is 0 Å². The van der Waals surface area contributed by atoms with Crippen LogP contribution in [0.15, 0.2) is 40.9 Å². The third kappa shape index (κ3) is 4.66. The number of ether oxygens (including phenoxy) is 1. The van der Waals surface area contributed by atoms with Crippen molar-refractivity contribution in [1.29, 1.82) is 0 Å². The Hall–Kier alpha value is -1.67. The standard InChI is InChI=1S/C20H21BrClN3O2S/c1-24(2)10-5-11-25(19(26)13-6-4-7-14(21)12-13)20-23-17-16(27-3)9-8-15(22)18(17)28-20/h4,6-9,12H,5,10-11H2,1-3H3. The second kappa shape index (κ2) is 9.22. The summed E-state index contributed by atoms with van der Waals surface area (Å²) in [4.78, 5) is 21.8. The molecule has 0 N–H and O–H groups in total. The largest absolute Gasteiger partial charge is 0.494 e. The van der Waals surface area contributed by atoms with Crippen LogP contribution in [0.2, 0.25) is 5.02 Å². The molecular formula is C20H21BrClN3O2S. The molecule has 0 aliphatic carbocycles. The average molecular weight is 483 g/mol. The number of amides is 1. The molecular weight excluding hydrogens is 462 g/mol. The Kier molecular flexibility index (Phi) is 6.93. The highest BCUT2D eigenvalue weighted by Gasteiger charge is 2.23. The third-order valence-corrected chi connectivity index (χ3v) is 6.23. The van der Waals surface area contributed by atoms with E-state index in [0.717, 1.165) is 22.1 Å². The Morgan fingerprint density at radius 2 is 2.04 bits per heavy atom. The van der Waals surface area contributed by atoms with E-state index in [0.29, 0.717) is 33.5 Å². The molecule has 2 aromatic carbocycles. The van der Waals surface area contributed by atoms with Crippen molar-refractivity contribution >= 4 is 60.1 Å². The number of fused-ring (bicyclic) bond motifs is 1. The van der Waals surface area contributed by atoms with Crippen molar-refractivity contribution in [3.05, 3.63) is 51.5 Å². The average Bonchev–Trinajstić information content (AvgIpc) is 3.11. The first-order valence-corrected chi connectivity index (χ1v) is 10.7. The molecule has 5 nitrogen and oxygen atoms in total. The lowest BCUT2D eigenvalue weighted by Gasteiger charge is -2.21. The van der Waals surface area contributed by atoms with Gasteiger partial charge >= 0.3 is 0 Å². The summed E-state index contributed by atoms with van der Waals surface area (Å²) in [7, 11) is 5.63. The summed E-state index contributed by atoms with van der Waals surface area (Å²) in [5.41, 5.74) is 1.28. The van der Waals surface area contributed by atoms with Crippen LogP contribution in [-0.4, -0.2) is 50.1 Å². The quantitative estimate of drug-likeness (QED) is 0.457. The molecule has 28 heavy (non-hydrogen) atoms. The fraction of sp³-hybridized carbons (Fsp3) is 0.300. The monoisotopic (exact) mass is 481 g/mol. The lowest BCUT2D eigenvalue weighted by molar-refractivity contribution is 0.0986. The van der Waals surface area contributed by atoms with Gasteiger partial charge in [-0.1, -0.05) is 44.9 Å². The molecule has 0 saturated carbocycles. The molecule has 1 amide bonds. The van der Waals surface area contributed by atoms with Gasteiger partial charge in [0.2, 0.25) is 0 Å². The van der Waals surface area contributed by atoms with Gasteiger partial charge in [0.05, 0.1) is 16.8 Å². The molecule has 0 atom stereocenters. The smallest absolute Gasteiger partial charge is 0.260 e. The predicted molar refractivity (Wildman–Crippen MR) is 120 cm³/mol. The minimum absolute atomic E-state index is 0.0887. The molecule has 0 spiro atoms. The fourth-order valence-corrected chi connectivity index (χ4v) is 4.51. The molecule has 0 saturated heterocycles. The van der Waals surface area contributed by atoms with Crippen LogP contribution in [0.3, 0.4) is 0 Å². The molecule has 0 aliphatic rings. The number of benzene rings is 2.